The van der Waals surface area contributed by atoms with Gasteiger partial charge in [-0.3, -0.25) is 4.79 Å². The molecular weight excluding hydrogens is 478 g/mol. The summed E-state index contributed by atoms with van der Waals surface area (Å²) in [6, 6.07) is 6.83. The maximum atomic E-state index is 14.0. The summed E-state index contributed by atoms with van der Waals surface area (Å²) in [5.74, 6) is -5.09. The van der Waals surface area contributed by atoms with Crippen molar-refractivity contribution in [3.05, 3.63) is 39.9 Å². The second-order valence-corrected chi connectivity index (χ2v) is 9.28. The quantitative estimate of drug-likeness (QED) is 0.514. The molecule has 2 heterocycles. The van der Waals surface area contributed by atoms with E-state index < -0.39 is 36.1 Å². The number of aromatic nitrogens is 5. The number of halogens is 3. The van der Waals surface area contributed by atoms with E-state index >= 15 is 0 Å². The van der Waals surface area contributed by atoms with Gasteiger partial charge in [-0.15, -0.1) is 10.2 Å². The average molecular weight is 497 g/mol. The Hall–Kier alpha value is -2.99. The molecule has 1 fully saturated rings. The summed E-state index contributed by atoms with van der Waals surface area (Å²) in [5, 5.41) is 14.6. The van der Waals surface area contributed by atoms with Crippen LogP contribution < -0.4 is 5.32 Å². The highest BCUT2D eigenvalue weighted by Crippen LogP contribution is 2.46. The number of ether oxygens (including phenoxy) is 1. The first-order chi connectivity index (χ1) is 15.7. The zero-order valence-electron chi connectivity index (χ0n) is 17.6. The van der Waals surface area contributed by atoms with Crippen molar-refractivity contribution in [2.75, 3.05) is 12.4 Å². The molecule has 2 unspecified atom stereocenters. The molecule has 0 spiro atoms. The van der Waals surface area contributed by atoms with Gasteiger partial charge in [-0.05, 0) is 23.1 Å². The summed E-state index contributed by atoms with van der Waals surface area (Å²) in [6.45, 7) is 0. The van der Waals surface area contributed by atoms with Crippen LogP contribution in [0.3, 0.4) is 0 Å². The molecule has 9 nitrogen and oxygen atoms in total. The molecule has 0 bridgehead atoms. The second-order valence-electron chi connectivity index (χ2n) is 7.68. The highest BCUT2D eigenvalue weighted by atomic mass is 35.5. The lowest BCUT2D eigenvalue weighted by Crippen LogP contribution is -2.27. The van der Waals surface area contributed by atoms with Crippen LogP contribution in [0, 0.1) is 5.92 Å². The zero-order chi connectivity index (χ0) is 23.8. The van der Waals surface area contributed by atoms with E-state index in [9.17, 15) is 18.4 Å². The maximum absolute atomic E-state index is 14.0. The second kappa shape index (κ2) is 9.10. The van der Waals surface area contributed by atoms with E-state index in [0.29, 0.717) is 17.0 Å². The number of aryl methyl sites for hydroxylation is 1. The number of tetrazole rings is 1. The van der Waals surface area contributed by atoms with Crippen LogP contribution in [0.4, 0.5) is 13.9 Å². The van der Waals surface area contributed by atoms with E-state index in [1.165, 1.54) is 11.9 Å². The van der Waals surface area contributed by atoms with Crippen molar-refractivity contribution in [1.29, 1.82) is 0 Å². The molecule has 4 rings (SSSR count). The average Bonchev–Trinajstić information content (AvgIpc) is 3.46. The number of carbonyl (C=O) groups excluding carboxylic acids is 2. The molecule has 0 aliphatic heterocycles. The highest BCUT2D eigenvalue weighted by Gasteiger charge is 2.45. The first kappa shape index (κ1) is 23.2. The number of hydrogen-bond acceptors (Lipinski definition) is 8. The Morgan fingerprint density at radius 3 is 2.64 bits per heavy atom. The van der Waals surface area contributed by atoms with E-state index in [1.54, 1.807) is 31.3 Å². The van der Waals surface area contributed by atoms with E-state index in [0.717, 1.165) is 11.3 Å². The largest absolute Gasteiger partial charge is 0.464 e. The molecule has 1 aliphatic carbocycles. The zero-order valence-corrected chi connectivity index (χ0v) is 19.2. The van der Waals surface area contributed by atoms with Crippen LogP contribution in [-0.2, 0) is 16.6 Å². The molecule has 1 aromatic carbocycles. The molecule has 33 heavy (non-hydrogen) atoms. The summed E-state index contributed by atoms with van der Waals surface area (Å²) in [7, 11) is 2.83. The maximum Gasteiger partial charge on any atom is 0.359 e. The molecule has 13 heteroatoms. The monoisotopic (exact) mass is 496 g/mol. The lowest BCUT2D eigenvalue weighted by atomic mass is 9.83. The predicted molar refractivity (Wildman–Crippen MR) is 116 cm³/mol. The summed E-state index contributed by atoms with van der Waals surface area (Å²) < 4.78 is 32.7. The van der Waals surface area contributed by atoms with Crippen molar-refractivity contribution >= 4 is 39.9 Å². The van der Waals surface area contributed by atoms with Crippen LogP contribution in [0.15, 0.2) is 24.3 Å². The number of esters is 1. The number of thiazole rings is 1. The van der Waals surface area contributed by atoms with Gasteiger partial charge in [0.1, 0.15) is 4.34 Å². The topological polar surface area (TPSA) is 112 Å². The lowest BCUT2D eigenvalue weighted by Gasteiger charge is -2.23. The van der Waals surface area contributed by atoms with Crippen LogP contribution in [0.1, 0.15) is 41.2 Å². The number of nitrogens with one attached hydrogen (secondary N) is 1. The molecule has 1 aliphatic rings. The molecule has 1 saturated carbocycles. The Balaban J connectivity index is 1.61. The minimum absolute atomic E-state index is 0.0573. The van der Waals surface area contributed by atoms with Crippen molar-refractivity contribution in [2.45, 2.75) is 31.1 Å². The number of nitrogens with zero attached hydrogens (tertiary/aromatic N) is 5. The molecule has 0 saturated heterocycles. The molecule has 1 N–H and O–H groups in total. The SMILES string of the molecule is COC(=O)c1nc(NC(=O)C(c2ccc(-c3nnn(C)n3)cc2)C2CCC(F)(F)C2)sc1Cl. The first-order valence-corrected chi connectivity index (χ1v) is 11.1. The minimum atomic E-state index is -2.82. The van der Waals surface area contributed by atoms with Gasteiger partial charge < -0.3 is 10.1 Å². The Labute approximate surface area is 196 Å². The fraction of sp³-hybridized carbons (Fsp3) is 0.400. The molecular formula is C20H19ClF2N6O3S. The number of carbonyl (C=O) groups is 2. The molecule has 2 aromatic heterocycles. The molecule has 3 aromatic rings. The molecule has 2 atom stereocenters. The third-order valence-electron chi connectivity index (χ3n) is 5.43. The van der Waals surface area contributed by atoms with E-state index in [-0.39, 0.29) is 28.0 Å². The summed E-state index contributed by atoms with van der Waals surface area (Å²) in [4.78, 5) is 30.3. The van der Waals surface area contributed by atoms with E-state index in [1.807, 2.05) is 0 Å². The van der Waals surface area contributed by atoms with Crippen LogP contribution >= 0.6 is 22.9 Å². The van der Waals surface area contributed by atoms with Crippen molar-refractivity contribution in [1.82, 2.24) is 25.2 Å². The Morgan fingerprint density at radius 1 is 1.33 bits per heavy atom. The van der Waals surface area contributed by atoms with Gasteiger partial charge in [-0.2, -0.15) is 4.80 Å². The van der Waals surface area contributed by atoms with Crippen molar-refractivity contribution < 1.29 is 23.1 Å². The Bertz CT molecular complexity index is 1180. The third kappa shape index (κ3) is 5.01. The van der Waals surface area contributed by atoms with Crippen LogP contribution in [0.5, 0.6) is 0 Å². The van der Waals surface area contributed by atoms with Crippen LogP contribution in [-0.4, -0.2) is 50.1 Å². The van der Waals surface area contributed by atoms with Crippen molar-refractivity contribution in [2.24, 2.45) is 13.0 Å². The van der Waals surface area contributed by atoms with E-state index in [4.69, 9.17) is 11.6 Å². The van der Waals surface area contributed by atoms with Crippen molar-refractivity contribution in [3.63, 3.8) is 0 Å². The van der Waals surface area contributed by atoms with Gasteiger partial charge >= 0.3 is 5.97 Å². The molecule has 0 radical (unpaired) electrons. The van der Waals surface area contributed by atoms with Crippen molar-refractivity contribution in [3.8, 4) is 11.4 Å². The predicted octanol–water partition coefficient (Wildman–Crippen LogP) is 3.93. The Morgan fingerprint density at radius 2 is 2.06 bits per heavy atom. The Kier molecular flexibility index (Phi) is 6.39. The smallest absolute Gasteiger partial charge is 0.359 e. The number of rotatable bonds is 6. The van der Waals surface area contributed by atoms with Gasteiger partial charge in [0.15, 0.2) is 10.8 Å². The number of hydrogen-bond donors (Lipinski definition) is 1. The fourth-order valence-corrected chi connectivity index (χ4v) is 4.93. The lowest BCUT2D eigenvalue weighted by molar-refractivity contribution is -0.118. The fourth-order valence-electron chi connectivity index (χ4n) is 3.91. The minimum Gasteiger partial charge on any atom is -0.464 e. The number of benzene rings is 1. The van der Waals surface area contributed by atoms with Gasteiger partial charge in [0.25, 0.3) is 0 Å². The van der Waals surface area contributed by atoms with Gasteiger partial charge in [0.05, 0.1) is 20.1 Å². The first-order valence-electron chi connectivity index (χ1n) is 9.94. The summed E-state index contributed by atoms with van der Waals surface area (Å²) in [6.07, 6.45) is -0.478. The third-order valence-corrected chi connectivity index (χ3v) is 6.60. The standard InChI is InChI=1S/C20H19ClF2N6O3S/c1-29-27-16(26-28-29)11-5-3-10(4-6-11)13(12-7-8-20(22,23)9-12)17(30)25-19-24-14(15(21)33-19)18(31)32-2/h3-6,12-13H,7-9H2,1-2H3,(H,24,25,30). The number of alkyl halides is 2. The summed E-state index contributed by atoms with van der Waals surface area (Å²) in [5.41, 5.74) is 1.13. The van der Waals surface area contributed by atoms with Crippen LogP contribution in [0.25, 0.3) is 11.4 Å². The molecule has 174 valence electrons. The number of anilines is 1. The van der Waals surface area contributed by atoms with Gasteiger partial charge in [0, 0.05) is 18.4 Å². The van der Waals surface area contributed by atoms with Gasteiger partial charge in [-0.25, -0.2) is 18.6 Å². The van der Waals surface area contributed by atoms with Gasteiger partial charge in [-0.1, -0.05) is 47.2 Å². The number of amides is 1. The normalized spacial score (nSPS) is 18.2. The molecule has 1 amide bonds. The van der Waals surface area contributed by atoms with Crippen LogP contribution in [0.2, 0.25) is 4.34 Å². The summed E-state index contributed by atoms with van der Waals surface area (Å²) >= 11 is 6.92. The highest BCUT2D eigenvalue weighted by molar-refractivity contribution is 7.20. The number of methoxy groups -OCH3 is 1. The van der Waals surface area contributed by atoms with Gasteiger partial charge in [0.2, 0.25) is 17.7 Å². The van der Waals surface area contributed by atoms with E-state index in [2.05, 4.69) is 30.4 Å².